The highest BCUT2D eigenvalue weighted by Gasteiger charge is 2.28. The number of guanidine groups is 1. The summed E-state index contributed by atoms with van der Waals surface area (Å²) >= 11 is 5.68. The molecule has 0 radical (unpaired) electrons. The molecule has 3 rings (SSSR count). The summed E-state index contributed by atoms with van der Waals surface area (Å²) in [6, 6.07) is 10.2. The summed E-state index contributed by atoms with van der Waals surface area (Å²) in [4.78, 5) is 28.3. The van der Waals surface area contributed by atoms with Gasteiger partial charge in [0.2, 0.25) is 11.9 Å². The lowest BCUT2D eigenvalue weighted by atomic mass is 10.2. The molecule has 150 valence electrons. The van der Waals surface area contributed by atoms with Gasteiger partial charge < -0.3 is 10.1 Å². The first-order valence-electron chi connectivity index (χ1n) is 8.52. The van der Waals surface area contributed by atoms with Gasteiger partial charge >= 0.3 is 0 Å². The summed E-state index contributed by atoms with van der Waals surface area (Å²) in [6.45, 7) is 0. The smallest absolute Gasteiger partial charge is 0.252 e. The van der Waals surface area contributed by atoms with Gasteiger partial charge in [0.15, 0.2) is 0 Å². The van der Waals surface area contributed by atoms with E-state index < -0.39 is 23.7 Å². The molecule has 10 heteroatoms. The van der Waals surface area contributed by atoms with Gasteiger partial charge in [0.05, 0.1) is 24.8 Å². The van der Waals surface area contributed by atoms with Crippen LogP contribution in [0.2, 0.25) is 5.02 Å². The van der Waals surface area contributed by atoms with Crippen LogP contribution in [-0.2, 0) is 9.59 Å². The quantitative estimate of drug-likeness (QED) is 0.495. The van der Waals surface area contributed by atoms with Gasteiger partial charge in [-0.05, 0) is 30.3 Å². The highest BCUT2D eigenvalue weighted by Crippen LogP contribution is 2.20. The van der Waals surface area contributed by atoms with Gasteiger partial charge in [0.1, 0.15) is 17.6 Å². The molecule has 1 aliphatic rings. The first-order valence-corrected chi connectivity index (χ1v) is 8.89. The molecule has 0 bridgehead atoms. The summed E-state index contributed by atoms with van der Waals surface area (Å²) < 4.78 is 18.4. The Bertz CT molecular complexity index is 996. The molecule has 1 unspecified atom stereocenters. The Morgan fingerprint density at radius 3 is 2.93 bits per heavy atom. The van der Waals surface area contributed by atoms with Crippen LogP contribution in [0.15, 0.2) is 52.6 Å². The predicted octanol–water partition coefficient (Wildman–Crippen LogP) is 2.29. The van der Waals surface area contributed by atoms with E-state index in [-0.39, 0.29) is 17.4 Å². The minimum Gasteiger partial charge on any atom is -0.496 e. The largest absolute Gasteiger partial charge is 0.496 e. The zero-order chi connectivity index (χ0) is 20.8. The van der Waals surface area contributed by atoms with Crippen LogP contribution in [0, 0.1) is 5.82 Å². The highest BCUT2D eigenvalue weighted by molar-refractivity contribution is 6.31. The van der Waals surface area contributed by atoms with Crippen molar-refractivity contribution in [1.82, 2.24) is 10.7 Å². The maximum Gasteiger partial charge on any atom is 0.252 e. The summed E-state index contributed by atoms with van der Waals surface area (Å²) in [6.07, 6.45) is 1.33. The highest BCUT2D eigenvalue weighted by atomic mass is 35.5. The Morgan fingerprint density at radius 1 is 1.38 bits per heavy atom. The number of rotatable bonds is 6. The molecule has 0 aromatic heterocycles. The van der Waals surface area contributed by atoms with Crippen LogP contribution >= 0.6 is 11.6 Å². The zero-order valence-corrected chi connectivity index (χ0v) is 16.0. The maximum absolute atomic E-state index is 13.2. The molecular weight excluding hydrogens is 401 g/mol. The number of para-hydroxylation sites is 1. The molecule has 2 aromatic carbocycles. The second-order valence-corrected chi connectivity index (χ2v) is 6.38. The van der Waals surface area contributed by atoms with Crippen molar-refractivity contribution in [2.45, 2.75) is 12.5 Å². The zero-order valence-electron chi connectivity index (χ0n) is 15.3. The van der Waals surface area contributed by atoms with Gasteiger partial charge in [-0.1, -0.05) is 23.7 Å². The van der Waals surface area contributed by atoms with Crippen molar-refractivity contribution in [3.8, 4) is 5.75 Å². The standard InChI is InChI=1S/C19H17ClFN5O3/c1-29-16-5-3-2-4-11(16)10-22-26-19-24-15(18(28)25-19)9-17(27)23-12-6-7-14(21)13(20)8-12/h2-8,10,15H,9H2,1H3,(H,23,27)(H2,24,25,26,28). The lowest BCUT2D eigenvalue weighted by Gasteiger charge is -2.07. The minimum absolute atomic E-state index is 0.112. The topological polar surface area (TPSA) is 104 Å². The molecule has 8 nitrogen and oxygen atoms in total. The van der Waals surface area contributed by atoms with Crippen molar-refractivity contribution in [2.75, 3.05) is 12.4 Å². The van der Waals surface area contributed by atoms with Gasteiger partial charge in [0.25, 0.3) is 5.91 Å². The van der Waals surface area contributed by atoms with E-state index in [0.29, 0.717) is 11.4 Å². The number of hydrogen-bond acceptors (Lipinski definition) is 6. The van der Waals surface area contributed by atoms with Gasteiger partial charge in [-0.15, -0.1) is 0 Å². The lowest BCUT2D eigenvalue weighted by Crippen LogP contribution is -2.35. The Labute approximate surface area is 170 Å². The fourth-order valence-electron chi connectivity index (χ4n) is 2.54. The molecular formula is C19H17ClFN5O3. The Kier molecular flexibility index (Phi) is 6.40. The van der Waals surface area contributed by atoms with E-state index in [1.807, 2.05) is 18.2 Å². The average Bonchev–Trinajstić information content (AvgIpc) is 3.04. The Hall–Kier alpha value is -3.46. The van der Waals surface area contributed by atoms with Crippen LogP contribution in [-0.4, -0.2) is 37.1 Å². The van der Waals surface area contributed by atoms with Gasteiger partial charge in [0, 0.05) is 11.3 Å². The molecule has 2 amide bonds. The molecule has 1 heterocycles. The number of ether oxygens (including phenoxy) is 1. The van der Waals surface area contributed by atoms with Gasteiger partial charge in [-0.3, -0.25) is 14.9 Å². The van der Waals surface area contributed by atoms with Gasteiger partial charge in [-0.25, -0.2) is 14.8 Å². The predicted molar refractivity (Wildman–Crippen MR) is 108 cm³/mol. The van der Waals surface area contributed by atoms with Crippen molar-refractivity contribution >= 4 is 41.3 Å². The third-order valence-corrected chi connectivity index (χ3v) is 4.21. The van der Waals surface area contributed by atoms with Crippen LogP contribution in [0.4, 0.5) is 10.1 Å². The molecule has 0 saturated carbocycles. The van der Waals surface area contributed by atoms with Crippen molar-refractivity contribution in [1.29, 1.82) is 0 Å². The number of hydrogen-bond donors (Lipinski definition) is 3. The number of benzene rings is 2. The van der Waals surface area contributed by atoms with Gasteiger partial charge in [-0.2, -0.15) is 5.10 Å². The first-order chi connectivity index (χ1) is 14.0. The maximum atomic E-state index is 13.2. The van der Waals surface area contributed by atoms with Crippen molar-refractivity contribution in [3.63, 3.8) is 0 Å². The second kappa shape index (κ2) is 9.16. The summed E-state index contributed by atoms with van der Waals surface area (Å²) in [7, 11) is 1.55. The first kappa shape index (κ1) is 20.3. The number of carbonyl (C=O) groups excluding carboxylic acids is 2. The lowest BCUT2D eigenvalue weighted by molar-refractivity contribution is -0.123. The summed E-state index contributed by atoms with van der Waals surface area (Å²) in [5.41, 5.74) is 3.68. The number of aliphatic imine (C=N–C) groups is 1. The SMILES string of the molecule is COc1ccccc1C=NNC1=NC(CC(=O)Nc2ccc(F)c(Cl)c2)C(=O)N1. The number of methoxy groups -OCH3 is 1. The monoisotopic (exact) mass is 417 g/mol. The summed E-state index contributed by atoms with van der Waals surface area (Å²) in [5, 5.41) is 8.96. The normalized spacial score (nSPS) is 15.8. The number of amides is 2. The van der Waals surface area contributed by atoms with E-state index in [4.69, 9.17) is 16.3 Å². The molecule has 29 heavy (non-hydrogen) atoms. The molecule has 0 saturated heterocycles. The average molecular weight is 418 g/mol. The van der Waals surface area contributed by atoms with Crippen LogP contribution in [0.1, 0.15) is 12.0 Å². The van der Waals surface area contributed by atoms with E-state index in [0.717, 1.165) is 11.6 Å². The number of nitrogens with zero attached hydrogens (tertiary/aromatic N) is 2. The van der Waals surface area contributed by atoms with Crippen molar-refractivity contribution in [2.24, 2.45) is 10.1 Å². The van der Waals surface area contributed by atoms with E-state index in [2.05, 4.69) is 26.2 Å². The molecule has 3 N–H and O–H groups in total. The van der Waals surface area contributed by atoms with Crippen LogP contribution in [0.25, 0.3) is 0 Å². The van der Waals surface area contributed by atoms with Crippen molar-refractivity contribution in [3.05, 3.63) is 58.9 Å². The molecule has 1 atom stereocenters. The number of hydrazone groups is 1. The number of nitrogens with one attached hydrogen (secondary N) is 3. The molecule has 2 aromatic rings. The number of anilines is 1. The molecule has 0 spiro atoms. The van der Waals surface area contributed by atoms with E-state index in [9.17, 15) is 14.0 Å². The van der Waals surface area contributed by atoms with Crippen LogP contribution in [0.3, 0.4) is 0 Å². The van der Waals surface area contributed by atoms with Crippen molar-refractivity contribution < 1.29 is 18.7 Å². The number of halogens is 2. The third-order valence-electron chi connectivity index (χ3n) is 3.92. The molecule has 1 aliphatic heterocycles. The second-order valence-electron chi connectivity index (χ2n) is 5.98. The fourth-order valence-corrected chi connectivity index (χ4v) is 2.72. The Balaban J connectivity index is 1.57. The fraction of sp³-hybridized carbons (Fsp3) is 0.158. The summed E-state index contributed by atoms with van der Waals surface area (Å²) in [5.74, 6) is -0.717. The third kappa shape index (κ3) is 5.29. The van der Waals surface area contributed by atoms with E-state index in [1.165, 1.54) is 18.3 Å². The Morgan fingerprint density at radius 2 is 2.17 bits per heavy atom. The van der Waals surface area contributed by atoms with E-state index in [1.54, 1.807) is 13.2 Å². The molecule has 0 aliphatic carbocycles. The molecule has 0 fully saturated rings. The minimum atomic E-state index is -0.908. The van der Waals surface area contributed by atoms with Crippen LogP contribution < -0.4 is 20.8 Å². The van der Waals surface area contributed by atoms with Crippen LogP contribution in [0.5, 0.6) is 5.75 Å². The van der Waals surface area contributed by atoms with E-state index >= 15 is 0 Å². The number of carbonyl (C=O) groups is 2.